The molecule has 0 radical (unpaired) electrons. The summed E-state index contributed by atoms with van der Waals surface area (Å²) in [4.78, 5) is 0.159. The minimum atomic E-state index is -4.27. The van der Waals surface area contributed by atoms with E-state index in [0.29, 0.717) is 18.3 Å². The molecule has 22 heavy (non-hydrogen) atoms. The number of halogens is 3. The zero-order valence-electron chi connectivity index (χ0n) is 11.7. The molecule has 0 bridgehead atoms. The molecule has 0 saturated heterocycles. The fraction of sp³-hybridized carbons (Fsp3) is 0.400. The van der Waals surface area contributed by atoms with E-state index in [1.165, 1.54) is 31.4 Å². The second-order valence-corrected chi connectivity index (χ2v) is 6.40. The normalized spacial score (nSPS) is 15.8. The van der Waals surface area contributed by atoms with E-state index in [1.807, 2.05) is 6.07 Å². The van der Waals surface area contributed by atoms with Crippen LogP contribution in [0.3, 0.4) is 0 Å². The third kappa shape index (κ3) is 4.04. The number of nitrogens with one attached hydrogen (secondary N) is 1. The number of hydrogen-bond acceptors (Lipinski definition) is 4. The SMILES string of the molecule is FC(F)(F)Sc1ccc(-c2cc(CNC3CCC3)on2)cc1. The third-order valence-electron chi connectivity index (χ3n) is 3.61. The van der Waals surface area contributed by atoms with Gasteiger partial charge in [0.05, 0.1) is 6.54 Å². The summed E-state index contributed by atoms with van der Waals surface area (Å²) in [7, 11) is 0. The second kappa shape index (κ2) is 6.34. The Morgan fingerprint density at radius 1 is 1.23 bits per heavy atom. The summed E-state index contributed by atoms with van der Waals surface area (Å²) < 4.78 is 42.1. The third-order valence-corrected chi connectivity index (χ3v) is 4.35. The molecule has 2 aromatic rings. The Morgan fingerprint density at radius 2 is 1.95 bits per heavy atom. The number of hydrogen-bond donors (Lipinski definition) is 1. The summed E-state index contributed by atoms with van der Waals surface area (Å²) >= 11 is -0.124. The molecule has 1 saturated carbocycles. The maximum Gasteiger partial charge on any atom is 0.446 e. The lowest BCUT2D eigenvalue weighted by molar-refractivity contribution is -0.0328. The van der Waals surface area contributed by atoms with E-state index in [0.717, 1.165) is 11.3 Å². The highest BCUT2D eigenvalue weighted by molar-refractivity contribution is 8.00. The lowest BCUT2D eigenvalue weighted by Crippen LogP contribution is -2.34. The van der Waals surface area contributed by atoms with E-state index in [2.05, 4.69) is 10.5 Å². The largest absolute Gasteiger partial charge is 0.446 e. The lowest BCUT2D eigenvalue weighted by Gasteiger charge is -2.25. The first-order valence-electron chi connectivity index (χ1n) is 7.05. The van der Waals surface area contributed by atoms with Crippen LogP contribution in [0.2, 0.25) is 0 Å². The van der Waals surface area contributed by atoms with Crippen molar-refractivity contribution in [2.75, 3.05) is 0 Å². The van der Waals surface area contributed by atoms with Crippen molar-refractivity contribution in [3.8, 4) is 11.3 Å². The molecule has 1 aromatic heterocycles. The van der Waals surface area contributed by atoms with Crippen LogP contribution in [-0.4, -0.2) is 16.7 Å². The Bertz CT molecular complexity index is 620. The summed E-state index contributed by atoms with van der Waals surface area (Å²) in [5.74, 6) is 0.732. The molecule has 3 nitrogen and oxygen atoms in total. The molecular weight excluding hydrogens is 313 g/mol. The highest BCUT2D eigenvalue weighted by Crippen LogP contribution is 2.37. The number of benzene rings is 1. The summed E-state index contributed by atoms with van der Waals surface area (Å²) in [5.41, 5.74) is -2.89. The van der Waals surface area contributed by atoms with Crippen LogP contribution in [0.25, 0.3) is 11.3 Å². The smallest absolute Gasteiger partial charge is 0.359 e. The minimum Gasteiger partial charge on any atom is -0.359 e. The highest BCUT2D eigenvalue weighted by Gasteiger charge is 2.29. The van der Waals surface area contributed by atoms with Gasteiger partial charge in [-0.15, -0.1) is 0 Å². The Hall–Kier alpha value is -1.47. The van der Waals surface area contributed by atoms with Gasteiger partial charge in [0, 0.05) is 22.6 Å². The van der Waals surface area contributed by atoms with Gasteiger partial charge in [-0.05, 0) is 36.7 Å². The van der Waals surface area contributed by atoms with Crippen molar-refractivity contribution in [2.24, 2.45) is 0 Å². The number of aromatic nitrogens is 1. The molecule has 7 heteroatoms. The Kier molecular flexibility index (Phi) is 4.44. The first-order chi connectivity index (χ1) is 10.5. The van der Waals surface area contributed by atoms with Gasteiger partial charge in [-0.1, -0.05) is 23.7 Å². The van der Waals surface area contributed by atoms with Crippen molar-refractivity contribution in [1.29, 1.82) is 0 Å². The first kappa shape index (κ1) is 15.4. The van der Waals surface area contributed by atoms with E-state index in [-0.39, 0.29) is 16.7 Å². The van der Waals surface area contributed by atoms with Gasteiger partial charge in [-0.3, -0.25) is 0 Å². The van der Waals surface area contributed by atoms with E-state index in [1.54, 1.807) is 12.1 Å². The monoisotopic (exact) mass is 328 g/mol. The van der Waals surface area contributed by atoms with Crippen molar-refractivity contribution >= 4 is 11.8 Å². The van der Waals surface area contributed by atoms with Crippen LogP contribution in [0.5, 0.6) is 0 Å². The highest BCUT2D eigenvalue weighted by atomic mass is 32.2. The standard InChI is InChI=1S/C15H15F3N2OS/c16-15(17,18)22-13-6-4-10(5-7-13)14-8-12(21-20-14)9-19-11-2-1-3-11/h4-8,11,19H,1-3,9H2. The van der Waals surface area contributed by atoms with E-state index >= 15 is 0 Å². The van der Waals surface area contributed by atoms with Crippen molar-refractivity contribution in [1.82, 2.24) is 10.5 Å². The topological polar surface area (TPSA) is 38.1 Å². The summed E-state index contributed by atoms with van der Waals surface area (Å²) in [6.45, 7) is 0.625. The van der Waals surface area contributed by atoms with Crippen molar-refractivity contribution in [3.05, 3.63) is 36.1 Å². The van der Waals surface area contributed by atoms with Crippen LogP contribution in [0.1, 0.15) is 25.0 Å². The predicted octanol–water partition coefficient (Wildman–Crippen LogP) is 4.60. The molecule has 1 fully saturated rings. The molecule has 0 atom stereocenters. The van der Waals surface area contributed by atoms with Gasteiger partial charge in [-0.25, -0.2) is 0 Å². The van der Waals surface area contributed by atoms with Gasteiger partial charge in [0.2, 0.25) is 0 Å². The lowest BCUT2D eigenvalue weighted by atomic mass is 9.93. The van der Waals surface area contributed by atoms with Gasteiger partial charge in [0.1, 0.15) is 5.69 Å². The molecule has 0 amide bonds. The molecule has 0 unspecified atom stereocenters. The predicted molar refractivity (Wildman–Crippen MR) is 78.3 cm³/mol. The molecule has 1 aliphatic carbocycles. The van der Waals surface area contributed by atoms with Gasteiger partial charge in [0.15, 0.2) is 5.76 Å². The second-order valence-electron chi connectivity index (χ2n) is 5.26. The fourth-order valence-corrected chi connectivity index (χ4v) is 2.76. The molecule has 0 aliphatic heterocycles. The van der Waals surface area contributed by atoms with Gasteiger partial charge in [0.25, 0.3) is 0 Å². The number of thioether (sulfide) groups is 1. The quantitative estimate of drug-likeness (QED) is 0.814. The Morgan fingerprint density at radius 3 is 2.55 bits per heavy atom. The zero-order chi connectivity index (χ0) is 15.6. The van der Waals surface area contributed by atoms with Crippen LogP contribution in [0.15, 0.2) is 39.8 Å². The molecule has 1 aliphatic rings. The minimum absolute atomic E-state index is 0.124. The van der Waals surface area contributed by atoms with Crippen LogP contribution in [0, 0.1) is 0 Å². The number of alkyl halides is 3. The summed E-state index contributed by atoms with van der Waals surface area (Å²) in [6.07, 6.45) is 3.65. The van der Waals surface area contributed by atoms with E-state index in [4.69, 9.17) is 4.52 Å². The van der Waals surface area contributed by atoms with Crippen LogP contribution in [0.4, 0.5) is 13.2 Å². The molecule has 1 heterocycles. The zero-order valence-corrected chi connectivity index (χ0v) is 12.5. The van der Waals surface area contributed by atoms with Crippen LogP contribution in [-0.2, 0) is 6.54 Å². The average Bonchev–Trinajstić information content (AvgIpc) is 2.85. The molecular formula is C15H15F3N2OS. The number of nitrogens with zero attached hydrogens (tertiary/aromatic N) is 1. The van der Waals surface area contributed by atoms with E-state index in [9.17, 15) is 13.2 Å². The Balaban J connectivity index is 1.62. The van der Waals surface area contributed by atoms with Crippen molar-refractivity contribution in [2.45, 2.75) is 42.3 Å². The van der Waals surface area contributed by atoms with Gasteiger partial charge >= 0.3 is 5.51 Å². The molecule has 3 rings (SSSR count). The van der Waals surface area contributed by atoms with Gasteiger partial charge in [-0.2, -0.15) is 13.2 Å². The maximum atomic E-state index is 12.3. The summed E-state index contributed by atoms with van der Waals surface area (Å²) in [5, 5.41) is 7.34. The average molecular weight is 328 g/mol. The first-order valence-corrected chi connectivity index (χ1v) is 7.86. The van der Waals surface area contributed by atoms with E-state index < -0.39 is 5.51 Å². The van der Waals surface area contributed by atoms with Crippen molar-refractivity contribution in [3.63, 3.8) is 0 Å². The fourth-order valence-electron chi connectivity index (χ4n) is 2.22. The summed E-state index contributed by atoms with van der Waals surface area (Å²) in [6, 6.07) is 8.50. The molecule has 1 aromatic carbocycles. The maximum absolute atomic E-state index is 12.3. The Labute approximate surface area is 130 Å². The van der Waals surface area contributed by atoms with Gasteiger partial charge < -0.3 is 9.84 Å². The molecule has 1 N–H and O–H groups in total. The number of rotatable bonds is 5. The van der Waals surface area contributed by atoms with Crippen LogP contribution >= 0.6 is 11.8 Å². The molecule has 0 spiro atoms. The molecule has 118 valence electrons. The van der Waals surface area contributed by atoms with Crippen LogP contribution < -0.4 is 5.32 Å². The van der Waals surface area contributed by atoms with Crippen molar-refractivity contribution < 1.29 is 17.7 Å².